The van der Waals surface area contributed by atoms with Gasteiger partial charge in [0.1, 0.15) is 0 Å². The number of thiocarbonyl (C=S) groups is 1. The number of fused-ring (bicyclic) bond motifs is 2. The first-order chi connectivity index (χ1) is 8.31. The summed E-state index contributed by atoms with van der Waals surface area (Å²) in [5.41, 5.74) is 3.36. The molecule has 3 atom stereocenters. The Morgan fingerprint density at radius 2 is 1.88 bits per heavy atom. The van der Waals surface area contributed by atoms with Gasteiger partial charge in [-0.1, -0.05) is 12.8 Å². The molecule has 0 radical (unpaired) electrons. The van der Waals surface area contributed by atoms with Crippen LogP contribution in [0.25, 0.3) is 0 Å². The van der Waals surface area contributed by atoms with Crippen molar-refractivity contribution in [2.45, 2.75) is 51.0 Å². The van der Waals surface area contributed by atoms with Crippen LogP contribution in [0.1, 0.15) is 44.9 Å². The summed E-state index contributed by atoms with van der Waals surface area (Å²) < 4.78 is 0. The fourth-order valence-electron chi connectivity index (χ4n) is 3.77. The SMILES string of the molecule is S=C(N[C@H]1C[C@H]2CC[C@H]1C2)NN1CCCCC1. The first kappa shape index (κ1) is 11.7. The van der Waals surface area contributed by atoms with Gasteiger partial charge in [-0.15, -0.1) is 0 Å². The minimum atomic E-state index is 0.651. The molecule has 2 N–H and O–H groups in total. The highest BCUT2D eigenvalue weighted by atomic mass is 32.1. The van der Waals surface area contributed by atoms with Crippen LogP contribution in [0.15, 0.2) is 0 Å². The first-order valence-electron chi connectivity index (χ1n) is 7.13. The minimum Gasteiger partial charge on any atom is -0.359 e. The summed E-state index contributed by atoms with van der Waals surface area (Å²) in [4.78, 5) is 0. The lowest BCUT2D eigenvalue weighted by atomic mass is 9.96. The third-order valence-corrected chi connectivity index (χ3v) is 4.88. The molecule has 2 bridgehead atoms. The maximum atomic E-state index is 5.42. The van der Waals surface area contributed by atoms with E-state index in [1.165, 1.54) is 44.9 Å². The van der Waals surface area contributed by atoms with Gasteiger partial charge in [0.25, 0.3) is 0 Å². The second-order valence-electron chi connectivity index (χ2n) is 5.91. The van der Waals surface area contributed by atoms with Crippen molar-refractivity contribution in [3.8, 4) is 0 Å². The molecule has 3 rings (SSSR count). The number of piperidine rings is 1. The highest BCUT2D eigenvalue weighted by molar-refractivity contribution is 7.80. The van der Waals surface area contributed by atoms with Crippen molar-refractivity contribution in [1.29, 1.82) is 0 Å². The van der Waals surface area contributed by atoms with Crippen LogP contribution in [-0.4, -0.2) is 29.3 Å². The molecule has 3 fully saturated rings. The third-order valence-electron chi connectivity index (χ3n) is 4.67. The van der Waals surface area contributed by atoms with Gasteiger partial charge in [0.05, 0.1) is 0 Å². The smallest absolute Gasteiger partial charge is 0.181 e. The lowest BCUT2D eigenvalue weighted by molar-refractivity contribution is 0.192. The molecule has 0 aromatic rings. The van der Waals surface area contributed by atoms with Crippen LogP contribution in [0.3, 0.4) is 0 Å². The zero-order valence-electron chi connectivity index (χ0n) is 10.5. The number of nitrogens with zero attached hydrogens (tertiary/aromatic N) is 1. The molecule has 0 aromatic heterocycles. The van der Waals surface area contributed by atoms with Gasteiger partial charge in [-0.3, -0.25) is 5.43 Å². The Bertz CT molecular complexity index is 288. The molecule has 4 heteroatoms. The highest BCUT2D eigenvalue weighted by Crippen LogP contribution is 2.44. The molecule has 17 heavy (non-hydrogen) atoms. The summed E-state index contributed by atoms with van der Waals surface area (Å²) in [5, 5.41) is 6.66. The van der Waals surface area contributed by atoms with Gasteiger partial charge in [-0.2, -0.15) is 0 Å². The summed E-state index contributed by atoms with van der Waals surface area (Å²) in [6.45, 7) is 2.27. The van der Waals surface area contributed by atoms with E-state index in [0.717, 1.165) is 30.0 Å². The van der Waals surface area contributed by atoms with Crippen molar-refractivity contribution in [1.82, 2.24) is 15.8 Å². The average Bonchev–Trinajstić information content (AvgIpc) is 2.92. The number of rotatable bonds is 2. The largest absolute Gasteiger partial charge is 0.359 e. The van der Waals surface area contributed by atoms with Crippen molar-refractivity contribution in [3.63, 3.8) is 0 Å². The molecule has 0 amide bonds. The molecule has 96 valence electrons. The Kier molecular flexibility index (Phi) is 3.52. The Labute approximate surface area is 109 Å². The molecule has 0 aromatic carbocycles. The summed E-state index contributed by atoms with van der Waals surface area (Å²) in [7, 11) is 0. The molecule has 2 aliphatic carbocycles. The van der Waals surface area contributed by atoms with Crippen molar-refractivity contribution < 1.29 is 0 Å². The van der Waals surface area contributed by atoms with Gasteiger partial charge < -0.3 is 5.32 Å². The summed E-state index contributed by atoms with van der Waals surface area (Å²) in [6.07, 6.45) is 9.60. The normalized spacial score (nSPS) is 37.1. The van der Waals surface area contributed by atoms with E-state index in [4.69, 9.17) is 12.2 Å². The van der Waals surface area contributed by atoms with E-state index in [-0.39, 0.29) is 0 Å². The predicted molar refractivity (Wildman–Crippen MR) is 73.5 cm³/mol. The summed E-state index contributed by atoms with van der Waals surface area (Å²) in [5.74, 6) is 1.87. The first-order valence-corrected chi connectivity index (χ1v) is 7.54. The summed E-state index contributed by atoms with van der Waals surface area (Å²) >= 11 is 5.42. The Hall–Kier alpha value is -0.350. The standard InChI is InChI=1S/C13H23N3S/c17-13(15-16-6-2-1-3-7-16)14-12-9-10-4-5-11(12)8-10/h10-12H,1-9H2,(H2,14,15,17)/t10-,11-,12-/m0/s1. The van der Waals surface area contributed by atoms with E-state index in [1.54, 1.807) is 0 Å². The fourth-order valence-corrected chi connectivity index (χ4v) is 4.05. The minimum absolute atomic E-state index is 0.651. The molecule has 0 unspecified atom stereocenters. The van der Waals surface area contributed by atoms with Crippen LogP contribution in [0, 0.1) is 11.8 Å². The maximum Gasteiger partial charge on any atom is 0.181 e. The second kappa shape index (κ2) is 5.11. The van der Waals surface area contributed by atoms with Crippen molar-refractivity contribution in [2.24, 2.45) is 11.8 Å². The molecule has 1 heterocycles. The van der Waals surface area contributed by atoms with Crippen LogP contribution in [0.4, 0.5) is 0 Å². The molecule has 2 saturated carbocycles. The van der Waals surface area contributed by atoms with Crippen molar-refractivity contribution >= 4 is 17.3 Å². The van der Waals surface area contributed by atoms with Gasteiger partial charge in [0, 0.05) is 19.1 Å². The zero-order valence-corrected chi connectivity index (χ0v) is 11.3. The lowest BCUT2D eigenvalue weighted by Gasteiger charge is -2.30. The van der Waals surface area contributed by atoms with Crippen molar-refractivity contribution in [2.75, 3.05) is 13.1 Å². The molecule has 0 spiro atoms. The number of hydrogen-bond donors (Lipinski definition) is 2. The van der Waals surface area contributed by atoms with Crippen LogP contribution >= 0.6 is 12.2 Å². The fraction of sp³-hybridized carbons (Fsp3) is 0.923. The third kappa shape index (κ3) is 2.74. The number of hydrazine groups is 1. The van der Waals surface area contributed by atoms with Gasteiger partial charge >= 0.3 is 0 Å². The van der Waals surface area contributed by atoms with E-state index in [9.17, 15) is 0 Å². The lowest BCUT2D eigenvalue weighted by Crippen LogP contribution is -2.52. The molecule has 3 nitrogen and oxygen atoms in total. The quantitative estimate of drug-likeness (QED) is 0.737. The van der Waals surface area contributed by atoms with Crippen LogP contribution in [-0.2, 0) is 0 Å². The van der Waals surface area contributed by atoms with E-state index >= 15 is 0 Å². The highest BCUT2D eigenvalue weighted by Gasteiger charge is 2.39. The Balaban J connectivity index is 1.44. The second-order valence-corrected chi connectivity index (χ2v) is 6.32. The van der Waals surface area contributed by atoms with E-state index in [1.807, 2.05) is 0 Å². The monoisotopic (exact) mass is 253 g/mol. The predicted octanol–water partition coefficient (Wildman–Crippen LogP) is 2.04. The van der Waals surface area contributed by atoms with Gasteiger partial charge in [-0.05, 0) is 56.2 Å². The van der Waals surface area contributed by atoms with E-state index in [0.29, 0.717) is 6.04 Å². The molecule has 3 aliphatic rings. The van der Waals surface area contributed by atoms with E-state index in [2.05, 4.69) is 15.8 Å². The van der Waals surface area contributed by atoms with Gasteiger partial charge in [0.2, 0.25) is 0 Å². The van der Waals surface area contributed by atoms with Crippen LogP contribution in [0.5, 0.6) is 0 Å². The number of hydrogen-bond acceptors (Lipinski definition) is 2. The Morgan fingerprint density at radius 1 is 1.06 bits per heavy atom. The molecule has 1 aliphatic heterocycles. The number of nitrogens with one attached hydrogen (secondary N) is 2. The molecular formula is C13H23N3S. The summed E-state index contributed by atoms with van der Waals surface area (Å²) in [6, 6.07) is 0.651. The topological polar surface area (TPSA) is 27.3 Å². The van der Waals surface area contributed by atoms with Gasteiger partial charge in [0.15, 0.2) is 5.11 Å². The van der Waals surface area contributed by atoms with Crippen molar-refractivity contribution in [3.05, 3.63) is 0 Å². The average molecular weight is 253 g/mol. The Morgan fingerprint density at radius 3 is 2.53 bits per heavy atom. The van der Waals surface area contributed by atoms with Gasteiger partial charge in [-0.25, -0.2) is 5.01 Å². The zero-order chi connectivity index (χ0) is 11.7. The molecular weight excluding hydrogens is 230 g/mol. The molecule has 1 saturated heterocycles. The van der Waals surface area contributed by atoms with Crippen LogP contribution in [0.2, 0.25) is 0 Å². The van der Waals surface area contributed by atoms with E-state index < -0.39 is 0 Å². The maximum absolute atomic E-state index is 5.42. The van der Waals surface area contributed by atoms with Crippen LogP contribution < -0.4 is 10.7 Å².